The minimum atomic E-state index is -4.74. The van der Waals surface area contributed by atoms with E-state index in [1.807, 2.05) is 30.3 Å². The van der Waals surface area contributed by atoms with Gasteiger partial charge in [-0.25, -0.2) is 9.50 Å². The Hall–Kier alpha value is -3.80. The molecule has 1 atom stereocenters. The first-order valence-electron chi connectivity index (χ1n) is 12.6. The zero-order valence-electron chi connectivity index (χ0n) is 21.3. The number of fused-ring (bicyclic) bond motifs is 1. The Labute approximate surface area is 222 Å². The van der Waals surface area contributed by atoms with Crippen molar-refractivity contribution in [2.75, 3.05) is 32.8 Å². The van der Waals surface area contributed by atoms with Crippen LogP contribution >= 0.6 is 0 Å². The maximum atomic E-state index is 14.2. The Morgan fingerprint density at radius 3 is 2.26 bits per heavy atom. The summed E-state index contributed by atoms with van der Waals surface area (Å²) >= 11 is 0. The zero-order valence-corrected chi connectivity index (χ0v) is 21.3. The first-order chi connectivity index (χ1) is 18.7. The molecule has 204 valence electrons. The predicted octanol–water partition coefficient (Wildman–Crippen LogP) is 3.71. The normalized spacial score (nSPS) is 15.6. The molecule has 11 heteroatoms. The molecule has 8 nitrogen and oxygen atoms in total. The van der Waals surface area contributed by atoms with Gasteiger partial charge in [-0.15, -0.1) is 0 Å². The maximum absolute atomic E-state index is 14.2. The maximum Gasteiger partial charge on any atom is 0.433 e. The van der Waals surface area contributed by atoms with E-state index in [0.717, 1.165) is 11.8 Å². The molecule has 1 aliphatic rings. The van der Waals surface area contributed by atoms with Crippen LogP contribution in [0.5, 0.6) is 0 Å². The van der Waals surface area contributed by atoms with E-state index in [2.05, 4.69) is 15.0 Å². The summed E-state index contributed by atoms with van der Waals surface area (Å²) in [7, 11) is 0. The van der Waals surface area contributed by atoms with Gasteiger partial charge in [0.15, 0.2) is 11.3 Å². The van der Waals surface area contributed by atoms with Crippen LogP contribution in [-0.4, -0.2) is 73.3 Å². The second kappa shape index (κ2) is 10.8. The molecule has 1 amide bonds. The number of hydrogen-bond donors (Lipinski definition) is 2. The van der Waals surface area contributed by atoms with Crippen LogP contribution in [0.3, 0.4) is 0 Å². The second-order valence-corrected chi connectivity index (χ2v) is 9.52. The van der Waals surface area contributed by atoms with Gasteiger partial charge in [-0.2, -0.15) is 18.3 Å². The number of nitrogens with zero attached hydrogens (tertiary/aromatic N) is 5. The third kappa shape index (κ3) is 5.12. The van der Waals surface area contributed by atoms with Crippen molar-refractivity contribution in [3.63, 3.8) is 0 Å². The molecule has 0 saturated carbocycles. The van der Waals surface area contributed by atoms with Crippen molar-refractivity contribution in [3.05, 3.63) is 88.7 Å². The molecule has 1 aliphatic heterocycles. The smallest absolute Gasteiger partial charge is 0.394 e. The molecule has 3 heterocycles. The number of carbonyl (C=O) groups excluding carboxylic acids is 1. The van der Waals surface area contributed by atoms with Crippen molar-refractivity contribution in [2.45, 2.75) is 25.7 Å². The van der Waals surface area contributed by atoms with E-state index in [4.69, 9.17) is 0 Å². The standard InChI is InChI=1S/C28H28F3N5O3/c1-18-24(21-9-7-19(16-37)8-10-21)33-26-22(15-32-36(26)25(18)28(29,30)31)27(39)35-13-11-34(12-14-35)23(17-38)20-5-3-2-4-6-20/h2-10,15,23,37-38H,11-14,16-17H2,1H3. The average Bonchev–Trinajstić information content (AvgIpc) is 3.36. The molecule has 0 spiro atoms. The fourth-order valence-electron chi connectivity index (χ4n) is 5.12. The summed E-state index contributed by atoms with van der Waals surface area (Å²) in [5, 5.41) is 23.2. The molecular weight excluding hydrogens is 511 g/mol. The van der Waals surface area contributed by atoms with Crippen LogP contribution in [0, 0.1) is 6.92 Å². The lowest BCUT2D eigenvalue weighted by Crippen LogP contribution is -2.50. The third-order valence-electron chi connectivity index (χ3n) is 7.19. The van der Waals surface area contributed by atoms with Crippen molar-refractivity contribution < 1.29 is 28.2 Å². The van der Waals surface area contributed by atoms with Crippen molar-refractivity contribution in [1.29, 1.82) is 0 Å². The van der Waals surface area contributed by atoms with Crippen molar-refractivity contribution >= 4 is 11.6 Å². The molecule has 2 N–H and O–H groups in total. The van der Waals surface area contributed by atoms with Crippen LogP contribution in [0.2, 0.25) is 0 Å². The van der Waals surface area contributed by atoms with E-state index >= 15 is 0 Å². The summed E-state index contributed by atoms with van der Waals surface area (Å²) in [4.78, 5) is 21.7. The van der Waals surface area contributed by atoms with Gasteiger partial charge >= 0.3 is 6.18 Å². The number of aliphatic hydroxyl groups excluding tert-OH is 2. The minimum absolute atomic E-state index is 0.0102. The number of alkyl halides is 3. The van der Waals surface area contributed by atoms with E-state index < -0.39 is 17.8 Å². The molecule has 0 radical (unpaired) electrons. The Morgan fingerprint density at radius 2 is 1.67 bits per heavy atom. The summed E-state index contributed by atoms with van der Waals surface area (Å²) in [6.45, 7) is 2.73. The quantitative estimate of drug-likeness (QED) is 0.388. The van der Waals surface area contributed by atoms with Crippen LogP contribution in [0.25, 0.3) is 16.9 Å². The van der Waals surface area contributed by atoms with Crippen molar-refractivity contribution in [2.24, 2.45) is 0 Å². The van der Waals surface area contributed by atoms with E-state index in [1.165, 1.54) is 6.92 Å². The van der Waals surface area contributed by atoms with Crippen molar-refractivity contribution in [1.82, 2.24) is 24.4 Å². The number of carbonyl (C=O) groups is 1. The SMILES string of the molecule is Cc1c(-c2ccc(CO)cc2)nc2c(C(=O)N3CCN(C(CO)c4ccccc4)CC3)cnn2c1C(F)(F)F. The monoisotopic (exact) mass is 539 g/mol. The van der Waals surface area contributed by atoms with Gasteiger partial charge in [0.25, 0.3) is 5.91 Å². The molecule has 2 aromatic carbocycles. The van der Waals surface area contributed by atoms with Gasteiger partial charge in [0, 0.05) is 37.3 Å². The predicted molar refractivity (Wildman–Crippen MR) is 138 cm³/mol. The number of aromatic nitrogens is 3. The van der Waals surface area contributed by atoms with Gasteiger partial charge in [-0.1, -0.05) is 54.6 Å². The molecule has 39 heavy (non-hydrogen) atoms. The van der Waals surface area contributed by atoms with E-state index in [-0.39, 0.29) is 41.7 Å². The first-order valence-corrected chi connectivity index (χ1v) is 12.6. The summed E-state index contributed by atoms with van der Waals surface area (Å²) in [5.41, 5.74) is 0.826. The molecule has 2 aromatic heterocycles. The summed E-state index contributed by atoms with van der Waals surface area (Å²) in [6, 6.07) is 15.8. The average molecular weight is 540 g/mol. The highest BCUT2D eigenvalue weighted by Crippen LogP contribution is 2.36. The van der Waals surface area contributed by atoms with Crippen LogP contribution in [0.1, 0.15) is 38.8 Å². The number of rotatable bonds is 6. The number of aliphatic hydroxyl groups is 2. The fourth-order valence-corrected chi connectivity index (χ4v) is 5.12. The first kappa shape index (κ1) is 26.8. The number of hydrogen-bond acceptors (Lipinski definition) is 6. The lowest BCUT2D eigenvalue weighted by atomic mass is 10.0. The molecule has 1 fully saturated rings. The molecular formula is C28H28F3N5O3. The molecule has 1 saturated heterocycles. The van der Waals surface area contributed by atoms with Gasteiger partial charge in [-0.05, 0) is 18.1 Å². The zero-order chi connectivity index (χ0) is 27.7. The van der Waals surface area contributed by atoms with Gasteiger partial charge in [0.05, 0.1) is 31.1 Å². The molecule has 0 bridgehead atoms. The lowest BCUT2D eigenvalue weighted by molar-refractivity contribution is -0.143. The number of piperazine rings is 1. The van der Waals surface area contributed by atoms with Crippen LogP contribution in [0.4, 0.5) is 13.2 Å². The number of halogens is 3. The largest absolute Gasteiger partial charge is 0.433 e. The topological polar surface area (TPSA) is 94.2 Å². The van der Waals surface area contributed by atoms with E-state index in [0.29, 0.717) is 41.8 Å². The minimum Gasteiger partial charge on any atom is -0.394 e. The summed E-state index contributed by atoms with van der Waals surface area (Å²) in [5.74, 6) is -0.448. The van der Waals surface area contributed by atoms with Crippen LogP contribution < -0.4 is 0 Å². The van der Waals surface area contributed by atoms with Crippen LogP contribution in [0.15, 0.2) is 60.8 Å². The van der Waals surface area contributed by atoms with Gasteiger partial charge in [-0.3, -0.25) is 9.69 Å². The Morgan fingerprint density at radius 1 is 1.00 bits per heavy atom. The second-order valence-electron chi connectivity index (χ2n) is 9.52. The third-order valence-corrected chi connectivity index (χ3v) is 7.19. The molecule has 4 aromatic rings. The molecule has 5 rings (SSSR count). The fraction of sp³-hybridized carbons (Fsp3) is 0.321. The summed E-state index contributed by atoms with van der Waals surface area (Å²) in [6.07, 6.45) is -3.59. The van der Waals surface area contributed by atoms with Gasteiger partial charge in [0.1, 0.15) is 5.56 Å². The summed E-state index contributed by atoms with van der Waals surface area (Å²) < 4.78 is 43.3. The van der Waals surface area contributed by atoms with E-state index in [1.54, 1.807) is 29.2 Å². The highest BCUT2D eigenvalue weighted by atomic mass is 19.4. The highest BCUT2D eigenvalue weighted by molar-refractivity contribution is 6.00. The van der Waals surface area contributed by atoms with Crippen molar-refractivity contribution in [3.8, 4) is 11.3 Å². The Balaban J connectivity index is 1.46. The van der Waals surface area contributed by atoms with Gasteiger partial charge in [0.2, 0.25) is 0 Å². The lowest BCUT2D eigenvalue weighted by Gasteiger charge is -2.38. The number of benzene rings is 2. The van der Waals surface area contributed by atoms with E-state index in [9.17, 15) is 28.2 Å². The molecule has 0 aliphatic carbocycles. The molecule has 1 unspecified atom stereocenters. The Bertz CT molecular complexity index is 1460. The van der Waals surface area contributed by atoms with Gasteiger partial charge < -0.3 is 15.1 Å². The highest BCUT2D eigenvalue weighted by Gasteiger charge is 2.39. The van der Waals surface area contributed by atoms with Crippen LogP contribution in [-0.2, 0) is 12.8 Å². The number of amides is 1. The Kier molecular flexibility index (Phi) is 7.39.